The molecule has 2 heterocycles. The molecule has 1 atom stereocenters. The van der Waals surface area contributed by atoms with Crippen molar-refractivity contribution in [1.29, 1.82) is 0 Å². The van der Waals surface area contributed by atoms with E-state index >= 15 is 0 Å². The Hall–Kier alpha value is -1.33. The molecule has 2 N–H and O–H groups in total. The van der Waals surface area contributed by atoms with E-state index in [9.17, 15) is 0 Å². The molecule has 0 bridgehead atoms. The molecule has 1 unspecified atom stereocenters. The number of aromatic amines is 1. The van der Waals surface area contributed by atoms with Crippen LogP contribution in [0.1, 0.15) is 30.2 Å². The average Bonchev–Trinajstić information content (AvgIpc) is 2.97. The van der Waals surface area contributed by atoms with Crippen LogP contribution in [0.4, 0.5) is 0 Å². The van der Waals surface area contributed by atoms with Crippen molar-refractivity contribution in [3.63, 3.8) is 0 Å². The van der Waals surface area contributed by atoms with Crippen LogP contribution in [-0.2, 0) is 19.9 Å². The number of likely N-dealkylation sites (N-methyl/N-ethyl adjacent to an activating group) is 1. The molecule has 0 aromatic carbocycles. The number of H-pyrrole nitrogens is 1. The SMILES string of the molecule is CCc1nn(C)c(CC(NC)c2ncc[nH]2)c1Cl. The minimum absolute atomic E-state index is 0.109. The molecule has 98 valence electrons. The highest BCUT2D eigenvalue weighted by molar-refractivity contribution is 6.31. The summed E-state index contributed by atoms with van der Waals surface area (Å²) in [6.45, 7) is 2.06. The van der Waals surface area contributed by atoms with Crippen LogP contribution < -0.4 is 5.32 Å². The van der Waals surface area contributed by atoms with E-state index in [-0.39, 0.29) is 6.04 Å². The van der Waals surface area contributed by atoms with Crippen LogP contribution in [-0.4, -0.2) is 26.8 Å². The van der Waals surface area contributed by atoms with E-state index in [4.69, 9.17) is 11.6 Å². The number of hydrogen-bond donors (Lipinski definition) is 2. The van der Waals surface area contributed by atoms with Crippen LogP contribution >= 0.6 is 11.6 Å². The van der Waals surface area contributed by atoms with Gasteiger partial charge in [0.05, 0.1) is 22.5 Å². The van der Waals surface area contributed by atoms with Gasteiger partial charge >= 0.3 is 0 Å². The van der Waals surface area contributed by atoms with Crippen LogP contribution in [0.5, 0.6) is 0 Å². The van der Waals surface area contributed by atoms with E-state index in [0.717, 1.165) is 35.1 Å². The normalized spacial score (nSPS) is 12.9. The third-order valence-corrected chi connectivity index (χ3v) is 3.53. The molecular formula is C12H18ClN5. The zero-order valence-corrected chi connectivity index (χ0v) is 11.6. The molecule has 2 aromatic rings. The van der Waals surface area contributed by atoms with Crippen LogP contribution in [0.2, 0.25) is 5.02 Å². The Morgan fingerprint density at radius 3 is 2.83 bits per heavy atom. The third-order valence-electron chi connectivity index (χ3n) is 3.10. The van der Waals surface area contributed by atoms with E-state index in [1.807, 2.05) is 25.0 Å². The van der Waals surface area contributed by atoms with Gasteiger partial charge in [-0.05, 0) is 13.5 Å². The first-order chi connectivity index (χ1) is 8.67. The molecule has 0 saturated carbocycles. The topological polar surface area (TPSA) is 58.5 Å². The highest BCUT2D eigenvalue weighted by Crippen LogP contribution is 2.25. The third kappa shape index (κ3) is 2.42. The van der Waals surface area contributed by atoms with Crippen molar-refractivity contribution in [2.24, 2.45) is 7.05 Å². The first-order valence-corrected chi connectivity index (χ1v) is 6.42. The van der Waals surface area contributed by atoms with Gasteiger partial charge in [-0.3, -0.25) is 4.68 Å². The van der Waals surface area contributed by atoms with Crippen molar-refractivity contribution >= 4 is 11.6 Å². The van der Waals surface area contributed by atoms with Gasteiger partial charge in [-0.15, -0.1) is 0 Å². The number of nitrogens with one attached hydrogen (secondary N) is 2. The number of aromatic nitrogens is 4. The van der Waals surface area contributed by atoms with E-state index < -0.39 is 0 Å². The molecule has 0 aliphatic carbocycles. The smallest absolute Gasteiger partial charge is 0.123 e. The lowest BCUT2D eigenvalue weighted by Crippen LogP contribution is -2.21. The van der Waals surface area contributed by atoms with Crippen molar-refractivity contribution in [2.45, 2.75) is 25.8 Å². The van der Waals surface area contributed by atoms with E-state index in [2.05, 4.69) is 27.3 Å². The fourth-order valence-electron chi connectivity index (χ4n) is 2.04. The summed E-state index contributed by atoms with van der Waals surface area (Å²) in [5.74, 6) is 0.910. The lowest BCUT2D eigenvalue weighted by molar-refractivity contribution is 0.538. The summed E-state index contributed by atoms with van der Waals surface area (Å²) in [4.78, 5) is 7.40. The van der Waals surface area contributed by atoms with Crippen molar-refractivity contribution in [3.8, 4) is 0 Å². The maximum absolute atomic E-state index is 6.35. The summed E-state index contributed by atoms with van der Waals surface area (Å²) in [6.07, 6.45) is 5.17. The van der Waals surface area contributed by atoms with Gasteiger partial charge in [-0.1, -0.05) is 18.5 Å². The summed E-state index contributed by atoms with van der Waals surface area (Å²) < 4.78 is 1.86. The van der Waals surface area contributed by atoms with Crippen LogP contribution in [0.3, 0.4) is 0 Å². The number of rotatable bonds is 5. The van der Waals surface area contributed by atoms with Gasteiger partial charge in [0.25, 0.3) is 0 Å². The summed E-state index contributed by atoms with van der Waals surface area (Å²) in [7, 11) is 3.84. The largest absolute Gasteiger partial charge is 0.347 e. The van der Waals surface area contributed by atoms with Crippen molar-refractivity contribution < 1.29 is 0 Å². The molecule has 0 saturated heterocycles. The highest BCUT2D eigenvalue weighted by atomic mass is 35.5. The van der Waals surface area contributed by atoms with E-state index in [1.165, 1.54) is 0 Å². The van der Waals surface area contributed by atoms with Gasteiger partial charge in [-0.25, -0.2) is 4.98 Å². The Morgan fingerprint density at radius 1 is 1.56 bits per heavy atom. The summed E-state index contributed by atoms with van der Waals surface area (Å²) in [5, 5.41) is 8.44. The Balaban J connectivity index is 2.25. The number of hydrogen-bond acceptors (Lipinski definition) is 3. The minimum atomic E-state index is 0.109. The Bertz CT molecular complexity index is 503. The molecule has 0 fully saturated rings. The Kier molecular flexibility index (Phi) is 4.04. The van der Waals surface area contributed by atoms with Crippen LogP contribution in [0.25, 0.3) is 0 Å². The first kappa shape index (κ1) is 13.1. The van der Waals surface area contributed by atoms with Crippen LogP contribution in [0, 0.1) is 0 Å². The molecule has 0 amide bonds. The molecule has 0 aliphatic heterocycles. The van der Waals surface area contributed by atoms with E-state index in [1.54, 1.807) is 6.20 Å². The molecule has 6 heteroatoms. The molecule has 18 heavy (non-hydrogen) atoms. The quantitative estimate of drug-likeness (QED) is 0.869. The lowest BCUT2D eigenvalue weighted by atomic mass is 10.1. The second kappa shape index (κ2) is 5.54. The van der Waals surface area contributed by atoms with Gasteiger partial charge < -0.3 is 10.3 Å². The zero-order chi connectivity index (χ0) is 13.1. The number of nitrogens with zero attached hydrogens (tertiary/aromatic N) is 3. The first-order valence-electron chi connectivity index (χ1n) is 6.04. The number of imidazole rings is 1. The number of aryl methyl sites for hydroxylation is 2. The number of halogens is 1. The second-order valence-electron chi connectivity index (χ2n) is 4.20. The maximum Gasteiger partial charge on any atom is 0.123 e. The Morgan fingerprint density at radius 2 is 2.33 bits per heavy atom. The van der Waals surface area contributed by atoms with Gasteiger partial charge in [-0.2, -0.15) is 5.10 Å². The van der Waals surface area contributed by atoms with Crippen molar-refractivity contribution in [2.75, 3.05) is 7.05 Å². The fourth-order valence-corrected chi connectivity index (χ4v) is 2.41. The van der Waals surface area contributed by atoms with E-state index in [0.29, 0.717) is 0 Å². The summed E-state index contributed by atoms with van der Waals surface area (Å²) in [5.41, 5.74) is 1.98. The predicted octanol–water partition coefficient (Wildman–Crippen LogP) is 1.86. The summed E-state index contributed by atoms with van der Waals surface area (Å²) >= 11 is 6.35. The molecule has 0 aliphatic rings. The van der Waals surface area contributed by atoms with Crippen LogP contribution in [0.15, 0.2) is 12.4 Å². The predicted molar refractivity (Wildman–Crippen MR) is 71.7 cm³/mol. The van der Waals surface area contributed by atoms with Crippen molar-refractivity contribution in [1.82, 2.24) is 25.1 Å². The van der Waals surface area contributed by atoms with Gasteiger partial charge in [0, 0.05) is 25.9 Å². The van der Waals surface area contributed by atoms with Gasteiger partial charge in [0.2, 0.25) is 0 Å². The minimum Gasteiger partial charge on any atom is -0.347 e. The standard InChI is InChI=1S/C12H18ClN5/c1-4-8-11(13)10(18(3)17-8)7-9(14-2)12-15-5-6-16-12/h5-6,9,14H,4,7H2,1-3H3,(H,15,16). The average molecular weight is 268 g/mol. The highest BCUT2D eigenvalue weighted by Gasteiger charge is 2.19. The molecule has 0 spiro atoms. The van der Waals surface area contributed by atoms with Gasteiger partial charge in [0.1, 0.15) is 5.82 Å². The van der Waals surface area contributed by atoms with Gasteiger partial charge in [0.15, 0.2) is 0 Å². The molecule has 2 rings (SSSR count). The fraction of sp³-hybridized carbons (Fsp3) is 0.500. The summed E-state index contributed by atoms with van der Waals surface area (Å²) in [6, 6.07) is 0.109. The molecular weight excluding hydrogens is 250 g/mol. The monoisotopic (exact) mass is 267 g/mol. The molecule has 2 aromatic heterocycles. The maximum atomic E-state index is 6.35. The molecule has 0 radical (unpaired) electrons. The molecule has 5 nitrogen and oxygen atoms in total. The van der Waals surface area contributed by atoms with Crippen molar-refractivity contribution in [3.05, 3.63) is 34.6 Å². The zero-order valence-electron chi connectivity index (χ0n) is 10.9. The second-order valence-corrected chi connectivity index (χ2v) is 4.58. The lowest BCUT2D eigenvalue weighted by Gasteiger charge is -2.14. The Labute approximate surface area is 112 Å².